The summed E-state index contributed by atoms with van der Waals surface area (Å²) >= 11 is 0. The van der Waals surface area contributed by atoms with Crippen LogP contribution in [0.5, 0.6) is 0 Å². The summed E-state index contributed by atoms with van der Waals surface area (Å²) in [7, 11) is 1.63. The average Bonchev–Trinajstić information content (AvgIpc) is 2.21. The number of carbonyl (C=O) groups is 1. The van der Waals surface area contributed by atoms with Crippen LogP contribution in [0, 0.1) is 11.3 Å². The van der Waals surface area contributed by atoms with Crippen LogP contribution in [0.15, 0.2) is 0 Å². The van der Waals surface area contributed by atoms with Crippen molar-refractivity contribution in [1.82, 2.24) is 4.90 Å². The van der Waals surface area contributed by atoms with Crippen LogP contribution >= 0.6 is 0 Å². The summed E-state index contributed by atoms with van der Waals surface area (Å²) in [6.45, 7) is 5.92. The van der Waals surface area contributed by atoms with Gasteiger partial charge in [0, 0.05) is 19.6 Å². The number of methoxy groups -OCH3 is 1. The van der Waals surface area contributed by atoms with Crippen LogP contribution in [0.25, 0.3) is 0 Å². The lowest BCUT2D eigenvalue weighted by atomic mass is 10.2. The van der Waals surface area contributed by atoms with Gasteiger partial charge >= 0.3 is 0 Å². The van der Waals surface area contributed by atoms with Crippen LogP contribution in [0.3, 0.4) is 0 Å². The van der Waals surface area contributed by atoms with Crippen molar-refractivity contribution in [2.75, 3.05) is 13.7 Å². The molecule has 0 spiro atoms. The molecule has 0 heterocycles. The van der Waals surface area contributed by atoms with Crippen LogP contribution in [-0.2, 0) is 9.53 Å². The van der Waals surface area contributed by atoms with E-state index < -0.39 is 0 Å². The van der Waals surface area contributed by atoms with E-state index in [1.165, 1.54) is 0 Å². The minimum absolute atomic E-state index is 0.0236. The summed E-state index contributed by atoms with van der Waals surface area (Å²) in [5.74, 6) is 0.0236. The SMILES string of the molecule is COC(C)CCC(=O)N(CC#N)C(C)C. The van der Waals surface area contributed by atoms with E-state index in [-0.39, 0.29) is 24.6 Å². The molecule has 1 amide bonds. The van der Waals surface area contributed by atoms with E-state index in [0.29, 0.717) is 12.8 Å². The molecule has 0 fully saturated rings. The van der Waals surface area contributed by atoms with Crippen molar-refractivity contribution in [2.24, 2.45) is 0 Å². The first kappa shape index (κ1) is 13.9. The first-order chi connectivity index (χ1) is 7.02. The van der Waals surface area contributed by atoms with E-state index >= 15 is 0 Å². The van der Waals surface area contributed by atoms with Gasteiger partial charge in [0.25, 0.3) is 0 Å². The topological polar surface area (TPSA) is 53.3 Å². The maximum atomic E-state index is 11.7. The Morgan fingerprint density at radius 2 is 2.07 bits per heavy atom. The largest absolute Gasteiger partial charge is 0.382 e. The molecule has 0 aromatic rings. The summed E-state index contributed by atoms with van der Waals surface area (Å²) in [6, 6.07) is 2.08. The zero-order valence-electron chi connectivity index (χ0n) is 9.99. The fourth-order valence-electron chi connectivity index (χ4n) is 1.22. The molecule has 1 atom stereocenters. The number of rotatable bonds is 6. The van der Waals surface area contributed by atoms with Crippen LogP contribution in [0.2, 0.25) is 0 Å². The van der Waals surface area contributed by atoms with E-state index in [9.17, 15) is 4.79 Å². The molecule has 0 aromatic heterocycles. The maximum Gasteiger partial charge on any atom is 0.223 e. The number of nitrogens with zero attached hydrogens (tertiary/aromatic N) is 2. The quantitative estimate of drug-likeness (QED) is 0.628. The summed E-state index contributed by atoms with van der Waals surface area (Å²) in [5, 5.41) is 8.59. The second-order valence-electron chi connectivity index (χ2n) is 3.86. The normalized spacial score (nSPS) is 12.3. The summed E-state index contributed by atoms with van der Waals surface area (Å²) in [5.41, 5.74) is 0. The molecule has 0 saturated heterocycles. The lowest BCUT2D eigenvalue weighted by Gasteiger charge is -2.24. The lowest BCUT2D eigenvalue weighted by Crippen LogP contribution is -2.37. The van der Waals surface area contributed by atoms with Gasteiger partial charge in [0.2, 0.25) is 5.91 Å². The molecule has 0 aliphatic carbocycles. The Bertz CT molecular complexity index is 233. The van der Waals surface area contributed by atoms with Gasteiger partial charge in [0.05, 0.1) is 12.2 Å². The highest BCUT2D eigenvalue weighted by Crippen LogP contribution is 2.06. The molecule has 0 bridgehead atoms. The standard InChI is InChI=1S/C11H20N2O2/c1-9(2)13(8-7-12)11(14)6-5-10(3)15-4/h9-10H,5-6,8H2,1-4H3. The van der Waals surface area contributed by atoms with Gasteiger partial charge in [-0.2, -0.15) is 5.26 Å². The Morgan fingerprint density at radius 1 is 1.47 bits per heavy atom. The lowest BCUT2D eigenvalue weighted by molar-refractivity contribution is -0.132. The highest BCUT2D eigenvalue weighted by atomic mass is 16.5. The predicted octanol–water partition coefficient (Wildman–Crippen LogP) is 1.56. The molecular weight excluding hydrogens is 192 g/mol. The van der Waals surface area contributed by atoms with Gasteiger partial charge in [-0.3, -0.25) is 4.79 Å². The predicted molar refractivity (Wildman–Crippen MR) is 58.2 cm³/mol. The van der Waals surface area contributed by atoms with Crippen molar-refractivity contribution < 1.29 is 9.53 Å². The van der Waals surface area contributed by atoms with Crippen molar-refractivity contribution in [3.63, 3.8) is 0 Å². The number of hydrogen-bond donors (Lipinski definition) is 0. The minimum Gasteiger partial charge on any atom is -0.382 e. The fraction of sp³-hybridized carbons (Fsp3) is 0.818. The van der Waals surface area contributed by atoms with Crippen LogP contribution in [0.1, 0.15) is 33.6 Å². The minimum atomic E-state index is 0.0236. The first-order valence-corrected chi connectivity index (χ1v) is 5.22. The molecule has 0 aromatic carbocycles. The number of nitriles is 1. The highest BCUT2D eigenvalue weighted by Gasteiger charge is 2.16. The third-order valence-electron chi connectivity index (χ3n) is 2.35. The fourth-order valence-corrected chi connectivity index (χ4v) is 1.22. The Kier molecular flexibility index (Phi) is 6.72. The van der Waals surface area contributed by atoms with E-state index in [1.807, 2.05) is 26.8 Å². The van der Waals surface area contributed by atoms with Crippen molar-refractivity contribution in [2.45, 2.75) is 45.8 Å². The zero-order chi connectivity index (χ0) is 11.8. The van der Waals surface area contributed by atoms with Crippen LogP contribution < -0.4 is 0 Å². The van der Waals surface area contributed by atoms with Gasteiger partial charge in [-0.15, -0.1) is 0 Å². The average molecular weight is 212 g/mol. The molecule has 0 rings (SSSR count). The summed E-state index contributed by atoms with van der Waals surface area (Å²) in [4.78, 5) is 13.3. The molecule has 1 unspecified atom stereocenters. The summed E-state index contributed by atoms with van der Waals surface area (Å²) in [6.07, 6.45) is 1.23. The van der Waals surface area contributed by atoms with Gasteiger partial charge in [0.1, 0.15) is 6.54 Å². The second-order valence-corrected chi connectivity index (χ2v) is 3.86. The van der Waals surface area contributed by atoms with Gasteiger partial charge in [-0.05, 0) is 27.2 Å². The molecule has 86 valence electrons. The Labute approximate surface area is 91.8 Å². The molecule has 4 nitrogen and oxygen atoms in total. The Hall–Kier alpha value is -1.08. The van der Waals surface area contributed by atoms with Gasteiger partial charge in [-0.1, -0.05) is 0 Å². The zero-order valence-corrected chi connectivity index (χ0v) is 9.99. The molecular formula is C11H20N2O2. The molecule has 0 radical (unpaired) electrons. The van der Waals surface area contributed by atoms with Crippen molar-refractivity contribution in [1.29, 1.82) is 5.26 Å². The van der Waals surface area contributed by atoms with Crippen molar-refractivity contribution in [3.05, 3.63) is 0 Å². The first-order valence-electron chi connectivity index (χ1n) is 5.22. The molecule has 4 heteroatoms. The van der Waals surface area contributed by atoms with Gasteiger partial charge in [-0.25, -0.2) is 0 Å². The Balaban J connectivity index is 4.10. The number of ether oxygens (including phenoxy) is 1. The molecule has 0 aliphatic rings. The Morgan fingerprint density at radius 3 is 2.47 bits per heavy atom. The molecule has 0 N–H and O–H groups in total. The number of hydrogen-bond acceptors (Lipinski definition) is 3. The molecule has 15 heavy (non-hydrogen) atoms. The highest BCUT2D eigenvalue weighted by molar-refractivity contribution is 5.76. The molecule has 0 aliphatic heterocycles. The van der Waals surface area contributed by atoms with Crippen LogP contribution in [0.4, 0.5) is 0 Å². The third kappa shape index (κ3) is 5.38. The van der Waals surface area contributed by atoms with E-state index in [4.69, 9.17) is 10.00 Å². The molecule has 0 saturated carbocycles. The van der Waals surface area contributed by atoms with E-state index in [2.05, 4.69) is 0 Å². The smallest absolute Gasteiger partial charge is 0.223 e. The second kappa shape index (κ2) is 7.24. The van der Waals surface area contributed by atoms with Crippen molar-refractivity contribution >= 4 is 5.91 Å². The van der Waals surface area contributed by atoms with Crippen molar-refractivity contribution in [3.8, 4) is 6.07 Å². The van der Waals surface area contributed by atoms with E-state index in [1.54, 1.807) is 12.0 Å². The number of amides is 1. The maximum absolute atomic E-state index is 11.7. The van der Waals surface area contributed by atoms with Gasteiger partial charge in [0.15, 0.2) is 0 Å². The number of carbonyl (C=O) groups excluding carboxylic acids is 1. The monoisotopic (exact) mass is 212 g/mol. The third-order valence-corrected chi connectivity index (χ3v) is 2.35. The van der Waals surface area contributed by atoms with Gasteiger partial charge < -0.3 is 9.64 Å². The van der Waals surface area contributed by atoms with Crippen LogP contribution in [-0.4, -0.2) is 36.6 Å². The van der Waals surface area contributed by atoms with E-state index in [0.717, 1.165) is 0 Å². The summed E-state index contributed by atoms with van der Waals surface area (Å²) < 4.78 is 5.07.